The van der Waals surface area contributed by atoms with Crippen LogP contribution in [0.4, 0.5) is 5.69 Å². The van der Waals surface area contributed by atoms with Gasteiger partial charge in [-0.15, -0.1) is 11.3 Å². The molecule has 6 heteroatoms. The predicted molar refractivity (Wildman–Crippen MR) is 61.3 cm³/mol. The molecule has 0 saturated heterocycles. The molecule has 2 aromatic heterocycles. The first-order valence-corrected chi connectivity index (χ1v) is 5.41. The van der Waals surface area contributed by atoms with Gasteiger partial charge in [-0.3, -0.25) is 4.79 Å². The van der Waals surface area contributed by atoms with Crippen LogP contribution < -0.4 is 11.3 Å². The van der Waals surface area contributed by atoms with E-state index in [-0.39, 0.29) is 5.56 Å². The summed E-state index contributed by atoms with van der Waals surface area (Å²) in [6, 6.07) is 5.02. The highest BCUT2D eigenvalue weighted by Crippen LogP contribution is 2.21. The number of rotatable bonds is 2. The third-order valence-electron chi connectivity index (χ3n) is 1.83. The van der Waals surface area contributed by atoms with Crippen LogP contribution in [0, 0.1) is 0 Å². The van der Waals surface area contributed by atoms with E-state index in [1.165, 1.54) is 28.3 Å². The molecule has 0 fully saturated rings. The Morgan fingerprint density at radius 2 is 2.33 bits per heavy atom. The fourth-order valence-electron chi connectivity index (χ4n) is 1.15. The number of hydrogen-bond donors (Lipinski definition) is 1. The lowest BCUT2D eigenvalue weighted by atomic mass is 10.4. The third kappa shape index (κ3) is 2.37. The van der Waals surface area contributed by atoms with Crippen molar-refractivity contribution < 1.29 is 0 Å². The molecule has 0 saturated carbocycles. The zero-order chi connectivity index (χ0) is 10.8. The van der Waals surface area contributed by atoms with Crippen LogP contribution in [0.25, 0.3) is 0 Å². The summed E-state index contributed by atoms with van der Waals surface area (Å²) < 4.78 is 2.05. The zero-order valence-corrected chi connectivity index (χ0v) is 9.26. The number of nitrogens with zero attached hydrogens (tertiary/aromatic N) is 2. The number of hydrogen-bond acceptors (Lipinski definition) is 4. The molecule has 0 atom stereocenters. The molecular weight excluding hydrogens is 234 g/mol. The van der Waals surface area contributed by atoms with Gasteiger partial charge in [0.25, 0.3) is 5.56 Å². The number of nitrogen functional groups attached to an aromatic ring is 1. The SMILES string of the molecule is Nc1cnn(Cc2ccc(Cl)s2)c(=O)c1. The molecule has 0 radical (unpaired) electrons. The Bertz CT molecular complexity index is 534. The van der Waals surface area contributed by atoms with Crippen LogP contribution >= 0.6 is 22.9 Å². The summed E-state index contributed by atoms with van der Waals surface area (Å²) in [6.45, 7) is 0.427. The quantitative estimate of drug-likeness (QED) is 0.869. The van der Waals surface area contributed by atoms with Gasteiger partial charge in [0.1, 0.15) is 0 Å². The summed E-state index contributed by atoms with van der Waals surface area (Å²) in [5, 5.41) is 3.93. The maximum Gasteiger partial charge on any atom is 0.269 e. The van der Waals surface area contributed by atoms with Crippen LogP contribution in [0.1, 0.15) is 4.88 Å². The predicted octanol–water partition coefficient (Wildman–Crippen LogP) is 1.59. The highest BCUT2D eigenvalue weighted by molar-refractivity contribution is 7.16. The van der Waals surface area contributed by atoms with Crippen molar-refractivity contribution in [1.29, 1.82) is 0 Å². The molecule has 0 aliphatic carbocycles. The standard InChI is InChI=1S/C9H8ClN3OS/c10-8-2-1-7(15-8)5-13-9(14)3-6(11)4-12-13/h1-4H,5,11H2. The van der Waals surface area contributed by atoms with Crippen LogP contribution in [-0.2, 0) is 6.54 Å². The van der Waals surface area contributed by atoms with Crippen LogP contribution in [0.5, 0.6) is 0 Å². The second-order valence-corrected chi connectivity index (χ2v) is 4.79. The minimum atomic E-state index is -0.209. The van der Waals surface area contributed by atoms with E-state index in [1.807, 2.05) is 6.07 Å². The van der Waals surface area contributed by atoms with Crippen molar-refractivity contribution in [2.75, 3.05) is 5.73 Å². The summed E-state index contributed by atoms with van der Waals surface area (Å²) in [5.41, 5.74) is 5.60. The monoisotopic (exact) mass is 241 g/mol. The second kappa shape index (κ2) is 4.04. The Hall–Kier alpha value is -1.33. The first-order valence-electron chi connectivity index (χ1n) is 4.22. The fraction of sp³-hybridized carbons (Fsp3) is 0.111. The molecule has 0 amide bonds. The van der Waals surface area contributed by atoms with Gasteiger partial charge in [-0.25, -0.2) is 4.68 Å². The van der Waals surface area contributed by atoms with Crippen molar-refractivity contribution >= 4 is 28.6 Å². The molecule has 0 bridgehead atoms. The Kier molecular flexibility index (Phi) is 2.75. The van der Waals surface area contributed by atoms with Crippen molar-refractivity contribution in [1.82, 2.24) is 9.78 Å². The van der Waals surface area contributed by atoms with Crippen LogP contribution in [0.2, 0.25) is 4.34 Å². The number of nitrogens with two attached hydrogens (primary N) is 1. The van der Waals surface area contributed by atoms with Crippen molar-refractivity contribution in [3.05, 3.63) is 44.0 Å². The molecule has 0 aliphatic heterocycles. The van der Waals surface area contributed by atoms with E-state index in [4.69, 9.17) is 17.3 Å². The lowest BCUT2D eigenvalue weighted by molar-refractivity contribution is 0.646. The first-order chi connectivity index (χ1) is 7.15. The average Bonchev–Trinajstić information content (AvgIpc) is 2.56. The lowest BCUT2D eigenvalue weighted by Gasteiger charge is -2.01. The molecule has 2 heterocycles. The van der Waals surface area contributed by atoms with E-state index >= 15 is 0 Å². The van der Waals surface area contributed by atoms with E-state index in [1.54, 1.807) is 6.07 Å². The molecule has 0 aliphatic rings. The molecule has 0 unspecified atom stereocenters. The Labute approximate surface area is 94.9 Å². The minimum absolute atomic E-state index is 0.209. The molecule has 0 spiro atoms. The minimum Gasteiger partial charge on any atom is -0.397 e. The molecular formula is C9H8ClN3OS. The van der Waals surface area contributed by atoms with Gasteiger partial charge in [-0.05, 0) is 12.1 Å². The van der Waals surface area contributed by atoms with Gasteiger partial charge in [-0.2, -0.15) is 5.10 Å². The third-order valence-corrected chi connectivity index (χ3v) is 3.04. The molecule has 2 aromatic rings. The van der Waals surface area contributed by atoms with Crippen LogP contribution in [0.15, 0.2) is 29.2 Å². The van der Waals surface area contributed by atoms with E-state index in [2.05, 4.69) is 5.10 Å². The molecule has 15 heavy (non-hydrogen) atoms. The van der Waals surface area contributed by atoms with Gasteiger partial charge in [-0.1, -0.05) is 11.6 Å². The largest absolute Gasteiger partial charge is 0.397 e. The van der Waals surface area contributed by atoms with Gasteiger partial charge >= 0.3 is 0 Å². The van der Waals surface area contributed by atoms with Crippen molar-refractivity contribution in [2.24, 2.45) is 0 Å². The van der Waals surface area contributed by atoms with E-state index in [0.29, 0.717) is 16.6 Å². The van der Waals surface area contributed by atoms with Gasteiger partial charge in [0, 0.05) is 10.9 Å². The number of thiophene rings is 1. The Morgan fingerprint density at radius 3 is 2.93 bits per heavy atom. The fourth-order valence-corrected chi connectivity index (χ4v) is 2.22. The molecule has 0 aromatic carbocycles. The topological polar surface area (TPSA) is 60.9 Å². The van der Waals surface area contributed by atoms with E-state index in [9.17, 15) is 4.79 Å². The highest BCUT2D eigenvalue weighted by Gasteiger charge is 2.02. The van der Waals surface area contributed by atoms with Gasteiger partial charge < -0.3 is 5.73 Å². The number of anilines is 1. The van der Waals surface area contributed by atoms with Crippen molar-refractivity contribution in [3.63, 3.8) is 0 Å². The Balaban J connectivity index is 2.28. The first kappa shape index (κ1) is 10.2. The van der Waals surface area contributed by atoms with E-state index in [0.717, 1.165) is 4.88 Å². The van der Waals surface area contributed by atoms with Gasteiger partial charge in [0.15, 0.2) is 0 Å². The average molecular weight is 242 g/mol. The van der Waals surface area contributed by atoms with Crippen LogP contribution in [0.3, 0.4) is 0 Å². The lowest BCUT2D eigenvalue weighted by Crippen LogP contribution is -2.22. The number of halogens is 1. The van der Waals surface area contributed by atoms with E-state index < -0.39 is 0 Å². The normalized spacial score (nSPS) is 10.5. The molecule has 4 nitrogen and oxygen atoms in total. The highest BCUT2D eigenvalue weighted by atomic mass is 35.5. The zero-order valence-electron chi connectivity index (χ0n) is 7.68. The summed E-state index contributed by atoms with van der Waals surface area (Å²) in [4.78, 5) is 12.4. The Morgan fingerprint density at radius 1 is 1.53 bits per heavy atom. The van der Waals surface area contributed by atoms with Gasteiger partial charge in [0.2, 0.25) is 0 Å². The van der Waals surface area contributed by atoms with Crippen LogP contribution in [-0.4, -0.2) is 9.78 Å². The molecule has 78 valence electrons. The summed E-state index contributed by atoms with van der Waals surface area (Å²) in [5.74, 6) is 0. The maximum absolute atomic E-state index is 11.4. The number of aromatic nitrogens is 2. The summed E-state index contributed by atoms with van der Waals surface area (Å²) in [7, 11) is 0. The van der Waals surface area contributed by atoms with Gasteiger partial charge in [0.05, 0.1) is 22.8 Å². The van der Waals surface area contributed by atoms with Crippen molar-refractivity contribution in [3.8, 4) is 0 Å². The smallest absolute Gasteiger partial charge is 0.269 e. The van der Waals surface area contributed by atoms with Crippen molar-refractivity contribution in [2.45, 2.75) is 6.54 Å². The summed E-state index contributed by atoms with van der Waals surface area (Å²) in [6.07, 6.45) is 1.45. The summed E-state index contributed by atoms with van der Waals surface area (Å²) >= 11 is 7.21. The second-order valence-electron chi connectivity index (χ2n) is 2.99. The molecule has 2 N–H and O–H groups in total. The maximum atomic E-state index is 11.4. The molecule has 2 rings (SSSR count).